The van der Waals surface area contributed by atoms with Crippen molar-refractivity contribution in [3.05, 3.63) is 170 Å². The van der Waals surface area contributed by atoms with Crippen LogP contribution in [0.25, 0.3) is 94.7 Å². The number of benzene rings is 7. The second kappa shape index (κ2) is 11.4. The fourth-order valence-corrected chi connectivity index (χ4v) is 7.18. The molecule has 0 N–H and O–H groups in total. The lowest BCUT2D eigenvalue weighted by molar-refractivity contribution is 0.669. The van der Waals surface area contributed by atoms with E-state index in [4.69, 9.17) is 19.4 Å². The van der Waals surface area contributed by atoms with Crippen LogP contribution in [-0.4, -0.2) is 19.5 Å². The Bertz CT molecular complexity index is 2780. The molecule has 0 amide bonds. The van der Waals surface area contributed by atoms with Crippen molar-refractivity contribution in [1.29, 1.82) is 0 Å². The van der Waals surface area contributed by atoms with Gasteiger partial charge in [0.1, 0.15) is 11.2 Å². The molecule has 5 heteroatoms. The van der Waals surface area contributed by atoms with Gasteiger partial charge in [-0.15, -0.1) is 0 Å². The average molecular weight is 641 g/mol. The summed E-state index contributed by atoms with van der Waals surface area (Å²) in [6.45, 7) is 0. The number of hydrogen-bond donors (Lipinski definition) is 0. The molecule has 10 rings (SSSR count). The SMILES string of the molecule is c1ccc(-c2nc(-c3ccccc3)nc(-c3ccc(-c4cccc5oc6ccc7c8ccccc8n(-c8ccccc8)c7c6c45)cc3)n2)cc1. The van der Waals surface area contributed by atoms with Gasteiger partial charge in [0.2, 0.25) is 0 Å². The maximum absolute atomic E-state index is 6.57. The molecule has 50 heavy (non-hydrogen) atoms. The summed E-state index contributed by atoms with van der Waals surface area (Å²) < 4.78 is 8.95. The van der Waals surface area contributed by atoms with Gasteiger partial charge in [-0.2, -0.15) is 0 Å². The lowest BCUT2D eigenvalue weighted by atomic mass is 9.97. The van der Waals surface area contributed by atoms with Crippen molar-refractivity contribution in [2.45, 2.75) is 0 Å². The molecule has 0 aliphatic carbocycles. The number of para-hydroxylation sites is 2. The van der Waals surface area contributed by atoms with Crippen LogP contribution in [0.2, 0.25) is 0 Å². The van der Waals surface area contributed by atoms with Crippen LogP contribution in [0, 0.1) is 0 Å². The minimum absolute atomic E-state index is 0.630. The first-order valence-electron chi connectivity index (χ1n) is 16.7. The Hall–Kier alpha value is -6.85. The number of nitrogens with zero attached hydrogens (tertiary/aromatic N) is 4. The van der Waals surface area contributed by atoms with Crippen molar-refractivity contribution >= 4 is 43.7 Å². The van der Waals surface area contributed by atoms with Gasteiger partial charge in [0.05, 0.1) is 16.4 Å². The van der Waals surface area contributed by atoms with E-state index in [2.05, 4.69) is 114 Å². The van der Waals surface area contributed by atoms with E-state index in [0.717, 1.165) is 61.0 Å². The van der Waals surface area contributed by atoms with E-state index in [9.17, 15) is 0 Å². The fourth-order valence-electron chi connectivity index (χ4n) is 7.18. The first-order valence-corrected chi connectivity index (χ1v) is 16.7. The molecule has 3 heterocycles. The summed E-state index contributed by atoms with van der Waals surface area (Å²) >= 11 is 0. The summed E-state index contributed by atoms with van der Waals surface area (Å²) in [6, 6.07) is 58.5. The fraction of sp³-hybridized carbons (Fsp3) is 0. The van der Waals surface area contributed by atoms with E-state index in [1.807, 2.05) is 60.7 Å². The van der Waals surface area contributed by atoms with Crippen molar-refractivity contribution < 1.29 is 4.42 Å². The van der Waals surface area contributed by atoms with Crippen molar-refractivity contribution in [3.63, 3.8) is 0 Å². The number of fused-ring (bicyclic) bond motifs is 7. The molecule has 0 atom stereocenters. The lowest BCUT2D eigenvalue weighted by Gasteiger charge is -2.10. The molecule has 0 radical (unpaired) electrons. The van der Waals surface area contributed by atoms with Gasteiger partial charge in [0, 0.05) is 38.5 Å². The quantitative estimate of drug-likeness (QED) is 0.188. The van der Waals surface area contributed by atoms with Crippen LogP contribution in [0.15, 0.2) is 174 Å². The Labute approximate surface area is 287 Å². The van der Waals surface area contributed by atoms with Gasteiger partial charge < -0.3 is 8.98 Å². The molecule has 234 valence electrons. The van der Waals surface area contributed by atoms with Crippen LogP contribution in [0.1, 0.15) is 0 Å². The van der Waals surface area contributed by atoms with E-state index in [1.165, 1.54) is 16.3 Å². The zero-order valence-electron chi connectivity index (χ0n) is 26.9. The highest BCUT2D eigenvalue weighted by atomic mass is 16.3. The Morgan fingerprint density at radius 3 is 1.58 bits per heavy atom. The molecule has 0 aliphatic rings. The number of aromatic nitrogens is 4. The van der Waals surface area contributed by atoms with Crippen molar-refractivity contribution in [3.8, 4) is 51.0 Å². The van der Waals surface area contributed by atoms with Gasteiger partial charge in [-0.3, -0.25) is 0 Å². The highest BCUT2D eigenvalue weighted by Crippen LogP contribution is 2.44. The minimum atomic E-state index is 0.630. The summed E-state index contributed by atoms with van der Waals surface area (Å²) in [7, 11) is 0. The summed E-state index contributed by atoms with van der Waals surface area (Å²) in [4.78, 5) is 14.7. The second-order valence-electron chi connectivity index (χ2n) is 12.4. The summed E-state index contributed by atoms with van der Waals surface area (Å²) in [5.74, 6) is 1.92. The van der Waals surface area contributed by atoms with Crippen molar-refractivity contribution in [2.75, 3.05) is 0 Å². The largest absolute Gasteiger partial charge is 0.456 e. The van der Waals surface area contributed by atoms with Gasteiger partial charge in [-0.25, -0.2) is 15.0 Å². The molecule has 3 aromatic heterocycles. The summed E-state index contributed by atoms with van der Waals surface area (Å²) in [6.07, 6.45) is 0. The average Bonchev–Trinajstić information content (AvgIpc) is 3.75. The highest BCUT2D eigenvalue weighted by Gasteiger charge is 2.21. The standard InChI is InChI=1S/C45H28N4O/c1-4-13-30(14-5-1)43-46-44(31-15-6-2-7-16-31)48-45(47-43)32-25-23-29(24-26-32)34-20-12-22-38-40(34)41-39(50-38)28-27-36-35-19-10-11-21-37(35)49(42(36)41)33-17-8-3-9-18-33/h1-28H. The molecule has 0 fully saturated rings. The molecule has 0 spiro atoms. The third-order valence-electron chi connectivity index (χ3n) is 9.46. The molecular formula is C45H28N4O. The van der Waals surface area contributed by atoms with Crippen molar-refractivity contribution in [1.82, 2.24) is 19.5 Å². The first kappa shape index (κ1) is 28.2. The normalized spacial score (nSPS) is 11.6. The van der Waals surface area contributed by atoms with Crippen LogP contribution in [-0.2, 0) is 0 Å². The Kier molecular flexibility index (Phi) is 6.42. The smallest absolute Gasteiger partial charge is 0.164 e. The maximum Gasteiger partial charge on any atom is 0.164 e. The van der Waals surface area contributed by atoms with Crippen LogP contribution in [0.4, 0.5) is 0 Å². The van der Waals surface area contributed by atoms with Crippen LogP contribution in [0.5, 0.6) is 0 Å². The Morgan fingerprint density at radius 2 is 0.920 bits per heavy atom. The van der Waals surface area contributed by atoms with Gasteiger partial charge in [-0.1, -0.05) is 133 Å². The van der Waals surface area contributed by atoms with Crippen LogP contribution in [0.3, 0.4) is 0 Å². The molecule has 0 bridgehead atoms. The summed E-state index contributed by atoms with van der Waals surface area (Å²) in [5, 5.41) is 4.61. The minimum Gasteiger partial charge on any atom is -0.456 e. The molecule has 0 aliphatic heterocycles. The number of furan rings is 1. The van der Waals surface area contributed by atoms with E-state index in [1.54, 1.807) is 0 Å². The van der Waals surface area contributed by atoms with Crippen molar-refractivity contribution in [2.24, 2.45) is 0 Å². The van der Waals surface area contributed by atoms with E-state index < -0.39 is 0 Å². The van der Waals surface area contributed by atoms with Gasteiger partial charge in [0.15, 0.2) is 17.5 Å². The van der Waals surface area contributed by atoms with E-state index in [-0.39, 0.29) is 0 Å². The van der Waals surface area contributed by atoms with Gasteiger partial charge in [-0.05, 0) is 47.5 Å². The van der Waals surface area contributed by atoms with Gasteiger partial charge in [0.25, 0.3) is 0 Å². The van der Waals surface area contributed by atoms with Crippen LogP contribution >= 0.6 is 0 Å². The maximum atomic E-state index is 6.57. The predicted octanol–water partition coefficient (Wildman–Crippen LogP) is 11.5. The van der Waals surface area contributed by atoms with Gasteiger partial charge >= 0.3 is 0 Å². The number of hydrogen-bond acceptors (Lipinski definition) is 4. The molecule has 5 nitrogen and oxygen atoms in total. The number of rotatable bonds is 5. The Balaban J connectivity index is 1.17. The third kappa shape index (κ3) is 4.52. The third-order valence-corrected chi connectivity index (χ3v) is 9.46. The predicted molar refractivity (Wildman–Crippen MR) is 203 cm³/mol. The lowest BCUT2D eigenvalue weighted by Crippen LogP contribution is -2.00. The second-order valence-corrected chi connectivity index (χ2v) is 12.4. The summed E-state index contributed by atoms with van der Waals surface area (Å²) in [5.41, 5.74) is 10.2. The zero-order valence-corrected chi connectivity index (χ0v) is 26.9. The molecule has 7 aromatic carbocycles. The molecule has 0 unspecified atom stereocenters. The zero-order chi connectivity index (χ0) is 33.0. The van der Waals surface area contributed by atoms with E-state index in [0.29, 0.717) is 17.5 Å². The van der Waals surface area contributed by atoms with E-state index >= 15 is 0 Å². The molecule has 10 aromatic rings. The molecule has 0 saturated carbocycles. The Morgan fingerprint density at radius 1 is 0.380 bits per heavy atom. The highest BCUT2D eigenvalue weighted by molar-refractivity contribution is 6.26. The topological polar surface area (TPSA) is 56.7 Å². The first-order chi connectivity index (χ1) is 24.8. The monoisotopic (exact) mass is 640 g/mol. The molecular weight excluding hydrogens is 613 g/mol. The molecule has 0 saturated heterocycles. The van der Waals surface area contributed by atoms with Crippen LogP contribution < -0.4 is 0 Å².